The van der Waals surface area contributed by atoms with Crippen LogP contribution in [0.25, 0.3) is 6.08 Å². The molecule has 1 aliphatic heterocycles. The molecule has 27 heavy (non-hydrogen) atoms. The summed E-state index contributed by atoms with van der Waals surface area (Å²) in [6, 6.07) is 12.2. The molecule has 1 fully saturated rings. The van der Waals surface area contributed by atoms with Gasteiger partial charge in [-0.25, -0.2) is 4.79 Å². The van der Waals surface area contributed by atoms with Crippen molar-refractivity contribution in [1.82, 2.24) is 4.90 Å². The number of thiocarbonyl (C=S) groups is 1. The van der Waals surface area contributed by atoms with Gasteiger partial charge in [0.15, 0.2) is 11.5 Å². The fraction of sp³-hybridized carbons (Fsp3) is 0.150. The lowest BCUT2D eigenvalue weighted by Gasteiger charge is -2.10. The van der Waals surface area contributed by atoms with Crippen molar-refractivity contribution in [2.45, 2.75) is 6.92 Å². The minimum atomic E-state index is -0.465. The van der Waals surface area contributed by atoms with Crippen LogP contribution in [0.3, 0.4) is 0 Å². The summed E-state index contributed by atoms with van der Waals surface area (Å²) in [6.07, 6.45) is 1.73. The molecule has 0 N–H and O–H groups in total. The van der Waals surface area contributed by atoms with Crippen LogP contribution in [-0.2, 0) is 4.79 Å². The lowest BCUT2D eigenvalue weighted by Crippen LogP contribution is -2.22. The number of carbonyl (C=O) groups excluding carboxylic acids is 2. The van der Waals surface area contributed by atoms with Crippen LogP contribution in [-0.4, -0.2) is 35.3 Å². The third-order valence-corrected chi connectivity index (χ3v) is 5.45. The van der Waals surface area contributed by atoms with Crippen LogP contribution in [0.2, 0.25) is 0 Å². The van der Waals surface area contributed by atoms with Gasteiger partial charge in [-0.3, -0.25) is 9.69 Å². The predicted octanol–water partition coefficient (Wildman–Crippen LogP) is 4.05. The van der Waals surface area contributed by atoms with Crippen LogP contribution < -0.4 is 9.47 Å². The molecule has 2 aromatic carbocycles. The second-order valence-corrected chi connectivity index (χ2v) is 7.58. The molecule has 0 atom stereocenters. The number of aryl methyl sites for hydroxylation is 1. The van der Waals surface area contributed by atoms with E-state index in [1.165, 1.54) is 23.8 Å². The van der Waals surface area contributed by atoms with Gasteiger partial charge < -0.3 is 9.47 Å². The first-order chi connectivity index (χ1) is 12.9. The second-order valence-electron chi connectivity index (χ2n) is 5.91. The molecular weight excluding hydrogens is 382 g/mol. The number of benzene rings is 2. The summed E-state index contributed by atoms with van der Waals surface area (Å²) in [5.41, 5.74) is 2.26. The number of esters is 1. The average molecular weight is 399 g/mol. The normalized spacial score (nSPS) is 15.4. The molecular formula is C20H17NO4S2. The molecule has 0 aliphatic carbocycles. The number of ether oxygens (including phenoxy) is 2. The molecule has 0 aromatic heterocycles. The van der Waals surface area contributed by atoms with E-state index in [2.05, 4.69) is 0 Å². The fourth-order valence-electron chi connectivity index (χ4n) is 2.40. The van der Waals surface area contributed by atoms with Crippen molar-refractivity contribution in [2.24, 2.45) is 0 Å². The fourth-order valence-corrected chi connectivity index (χ4v) is 3.58. The average Bonchev–Trinajstić information content (AvgIpc) is 2.90. The molecule has 3 rings (SSSR count). The summed E-state index contributed by atoms with van der Waals surface area (Å²) in [4.78, 5) is 26.4. The van der Waals surface area contributed by atoms with E-state index < -0.39 is 5.97 Å². The van der Waals surface area contributed by atoms with Gasteiger partial charge in [0.25, 0.3) is 5.91 Å². The number of nitrogens with zero attached hydrogens (tertiary/aromatic N) is 1. The van der Waals surface area contributed by atoms with Crippen LogP contribution in [0.15, 0.2) is 47.4 Å². The summed E-state index contributed by atoms with van der Waals surface area (Å²) in [7, 11) is 3.14. The largest absolute Gasteiger partial charge is 0.493 e. The maximum absolute atomic E-state index is 12.3. The Bertz CT molecular complexity index is 951. The quantitative estimate of drug-likeness (QED) is 0.335. The highest BCUT2D eigenvalue weighted by Gasteiger charge is 2.28. The molecule has 1 aliphatic rings. The Morgan fingerprint density at radius 1 is 1.15 bits per heavy atom. The summed E-state index contributed by atoms with van der Waals surface area (Å²) < 4.78 is 11.3. The monoisotopic (exact) mass is 399 g/mol. The molecule has 7 heteroatoms. The van der Waals surface area contributed by atoms with Crippen molar-refractivity contribution in [1.29, 1.82) is 0 Å². The maximum atomic E-state index is 12.3. The third-order valence-electron chi connectivity index (χ3n) is 3.96. The number of carbonyl (C=O) groups is 2. The van der Waals surface area contributed by atoms with Crippen molar-refractivity contribution in [3.05, 3.63) is 64.1 Å². The van der Waals surface area contributed by atoms with E-state index in [0.29, 0.717) is 26.3 Å². The minimum Gasteiger partial charge on any atom is -0.493 e. The third kappa shape index (κ3) is 4.20. The van der Waals surface area contributed by atoms with Crippen molar-refractivity contribution >= 4 is 46.3 Å². The van der Waals surface area contributed by atoms with Gasteiger partial charge in [0.2, 0.25) is 0 Å². The number of rotatable bonds is 4. The highest BCUT2D eigenvalue weighted by Crippen LogP contribution is 2.34. The first kappa shape index (κ1) is 19.1. The molecule has 0 unspecified atom stereocenters. The van der Waals surface area contributed by atoms with E-state index in [1.807, 2.05) is 19.1 Å². The summed E-state index contributed by atoms with van der Waals surface area (Å²) in [6.45, 7) is 1.95. The van der Waals surface area contributed by atoms with E-state index in [4.69, 9.17) is 21.7 Å². The maximum Gasteiger partial charge on any atom is 0.343 e. The van der Waals surface area contributed by atoms with Crippen LogP contribution in [0, 0.1) is 6.92 Å². The van der Waals surface area contributed by atoms with Gasteiger partial charge in [-0.2, -0.15) is 0 Å². The van der Waals surface area contributed by atoms with Crippen molar-refractivity contribution < 1.29 is 19.1 Å². The van der Waals surface area contributed by atoms with E-state index in [-0.39, 0.29) is 5.91 Å². The Morgan fingerprint density at radius 2 is 1.85 bits per heavy atom. The Hall–Kier alpha value is -2.64. The Morgan fingerprint density at radius 3 is 2.44 bits per heavy atom. The van der Waals surface area contributed by atoms with Gasteiger partial charge in [-0.05, 0) is 42.8 Å². The van der Waals surface area contributed by atoms with Crippen molar-refractivity contribution in [3.8, 4) is 11.5 Å². The highest BCUT2D eigenvalue weighted by atomic mass is 32.2. The van der Waals surface area contributed by atoms with Crippen LogP contribution >= 0.6 is 24.0 Å². The SMILES string of the molecule is COc1cc(C=C2SC(=S)N(C)C2=O)ccc1OC(=O)c1ccc(C)cc1. The van der Waals surface area contributed by atoms with Gasteiger partial charge in [0.1, 0.15) is 4.32 Å². The Balaban J connectivity index is 1.82. The molecule has 2 aromatic rings. The zero-order chi connectivity index (χ0) is 19.6. The summed E-state index contributed by atoms with van der Waals surface area (Å²) in [5, 5.41) is 0. The lowest BCUT2D eigenvalue weighted by atomic mass is 10.1. The molecule has 5 nitrogen and oxygen atoms in total. The van der Waals surface area contributed by atoms with Crippen LogP contribution in [0.1, 0.15) is 21.5 Å². The molecule has 0 bridgehead atoms. The van der Waals surface area contributed by atoms with Gasteiger partial charge in [-0.1, -0.05) is 47.7 Å². The van der Waals surface area contributed by atoms with Gasteiger partial charge in [-0.15, -0.1) is 0 Å². The van der Waals surface area contributed by atoms with Gasteiger partial charge >= 0.3 is 5.97 Å². The van der Waals surface area contributed by atoms with Crippen LogP contribution in [0.4, 0.5) is 0 Å². The first-order valence-electron chi connectivity index (χ1n) is 8.07. The smallest absolute Gasteiger partial charge is 0.343 e. The molecule has 138 valence electrons. The number of methoxy groups -OCH3 is 1. The topological polar surface area (TPSA) is 55.8 Å². The predicted molar refractivity (Wildman–Crippen MR) is 110 cm³/mol. The van der Waals surface area contributed by atoms with Crippen molar-refractivity contribution in [2.75, 3.05) is 14.2 Å². The van der Waals surface area contributed by atoms with Gasteiger partial charge in [0.05, 0.1) is 17.6 Å². The zero-order valence-electron chi connectivity index (χ0n) is 15.0. The number of amides is 1. The molecule has 1 saturated heterocycles. The van der Waals surface area contributed by atoms with E-state index >= 15 is 0 Å². The number of hydrogen-bond acceptors (Lipinski definition) is 6. The Kier molecular flexibility index (Phi) is 5.62. The van der Waals surface area contributed by atoms with E-state index in [9.17, 15) is 9.59 Å². The molecule has 1 amide bonds. The molecule has 0 saturated carbocycles. The van der Waals surface area contributed by atoms with E-state index in [1.54, 1.807) is 43.5 Å². The summed E-state index contributed by atoms with van der Waals surface area (Å²) in [5.74, 6) is 0.103. The Labute approximate surface area is 167 Å². The standard InChI is InChI=1S/C20H17NO4S2/c1-12-4-7-14(8-5-12)19(23)25-15-9-6-13(10-16(15)24-3)11-17-18(22)21(2)20(26)27-17/h4-11H,1-3H3. The van der Waals surface area contributed by atoms with E-state index in [0.717, 1.165) is 11.1 Å². The van der Waals surface area contributed by atoms with Crippen molar-refractivity contribution in [3.63, 3.8) is 0 Å². The van der Waals surface area contributed by atoms with Crippen LogP contribution in [0.5, 0.6) is 11.5 Å². The summed E-state index contributed by atoms with van der Waals surface area (Å²) >= 11 is 6.37. The molecule has 1 heterocycles. The minimum absolute atomic E-state index is 0.140. The van der Waals surface area contributed by atoms with Gasteiger partial charge in [0, 0.05) is 7.05 Å². The highest BCUT2D eigenvalue weighted by molar-refractivity contribution is 8.26. The lowest BCUT2D eigenvalue weighted by molar-refractivity contribution is -0.121. The molecule has 0 spiro atoms. The zero-order valence-corrected chi connectivity index (χ0v) is 16.6. The molecule has 0 radical (unpaired) electrons. The number of thioether (sulfide) groups is 1. The number of likely N-dealkylation sites (N-methyl/N-ethyl adjacent to an activating group) is 1. The second kappa shape index (κ2) is 7.94. The first-order valence-corrected chi connectivity index (χ1v) is 9.30. The number of hydrogen-bond donors (Lipinski definition) is 0.